The molecule has 1 aliphatic rings. The lowest BCUT2D eigenvalue weighted by Crippen LogP contribution is -2.36. The number of carbonyl (C=O) groups excluding carboxylic acids is 2. The number of imide groups is 1. The van der Waals surface area contributed by atoms with Gasteiger partial charge >= 0.3 is 0 Å². The number of hydrogen-bond acceptors (Lipinski definition) is 4. The number of nitrogens with two attached hydrogens (primary N) is 1. The normalized spacial score (nSPS) is 18.1. The Morgan fingerprint density at radius 1 is 1.53 bits per heavy atom. The van der Waals surface area contributed by atoms with Crippen molar-refractivity contribution >= 4 is 34.8 Å². The van der Waals surface area contributed by atoms with Crippen LogP contribution in [0.25, 0.3) is 0 Å². The summed E-state index contributed by atoms with van der Waals surface area (Å²) in [5.74, 6) is -0.161. The van der Waals surface area contributed by atoms with E-state index in [1.165, 1.54) is 6.20 Å². The maximum atomic E-state index is 12.5. The standard InChI is InChI=1S/C12H16N4O2S/c1-3-12(4-2)5-8(17)16(11(12)18)10-7(9(13)19)6-14-15-10/h6H,3-5H2,1-2H3,(H2,13,19)(H,14,15). The van der Waals surface area contributed by atoms with E-state index < -0.39 is 5.41 Å². The molecule has 0 atom stereocenters. The first-order chi connectivity index (χ1) is 8.96. The molecule has 2 rings (SSSR count). The van der Waals surface area contributed by atoms with Gasteiger partial charge < -0.3 is 5.73 Å². The molecule has 102 valence electrons. The number of aromatic amines is 1. The summed E-state index contributed by atoms with van der Waals surface area (Å²) < 4.78 is 0. The molecule has 7 heteroatoms. The summed E-state index contributed by atoms with van der Waals surface area (Å²) in [6, 6.07) is 0. The second kappa shape index (κ2) is 4.73. The Kier molecular flexibility index (Phi) is 3.40. The van der Waals surface area contributed by atoms with Crippen LogP contribution >= 0.6 is 12.2 Å². The molecule has 19 heavy (non-hydrogen) atoms. The second-order valence-electron chi connectivity index (χ2n) is 4.70. The van der Waals surface area contributed by atoms with Crippen LogP contribution < -0.4 is 10.6 Å². The number of aromatic nitrogens is 2. The number of nitrogens with one attached hydrogen (secondary N) is 1. The van der Waals surface area contributed by atoms with Gasteiger partial charge in [0, 0.05) is 6.42 Å². The highest BCUT2D eigenvalue weighted by molar-refractivity contribution is 7.80. The molecule has 0 spiro atoms. The third-order valence-electron chi connectivity index (χ3n) is 3.86. The molecular weight excluding hydrogens is 264 g/mol. The molecule has 1 aromatic rings. The van der Waals surface area contributed by atoms with Crippen molar-refractivity contribution in [3.8, 4) is 0 Å². The zero-order valence-corrected chi connectivity index (χ0v) is 11.7. The van der Waals surface area contributed by atoms with Crippen molar-refractivity contribution in [2.24, 2.45) is 11.1 Å². The van der Waals surface area contributed by atoms with E-state index >= 15 is 0 Å². The fourth-order valence-corrected chi connectivity index (χ4v) is 2.60. The van der Waals surface area contributed by atoms with Gasteiger partial charge in [-0.15, -0.1) is 0 Å². The minimum atomic E-state index is -0.615. The van der Waals surface area contributed by atoms with Crippen LogP contribution in [0.3, 0.4) is 0 Å². The lowest BCUT2D eigenvalue weighted by molar-refractivity contribution is -0.126. The van der Waals surface area contributed by atoms with E-state index in [0.717, 1.165) is 4.90 Å². The summed E-state index contributed by atoms with van der Waals surface area (Å²) in [4.78, 5) is 26.0. The number of carbonyl (C=O) groups is 2. The molecule has 0 saturated carbocycles. The largest absolute Gasteiger partial charge is 0.389 e. The average Bonchev–Trinajstić information content (AvgIpc) is 2.93. The predicted molar refractivity (Wildman–Crippen MR) is 74.6 cm³/mol. The van der Waals surface area contributed by atoms with Crippen LogP contribution in [0.2, 0.25) is 0 Å². The van der Waals surface area contributed by atoms with Crippen LogP contribution in [-0.2, 0) is 9.59 Å². The van der Waals surface area contributed by atoms with Gasteiger partial charge in [-0.3, -0.25) is 14.7 Å². The van der Waals surface area contributed by atoms with E-state index in [-0.39, 0.29) is 29.0 Å². The van der Waals surface area contributed by atoms with Gasteiger partial charge in [-0.2, -0.15) is 5.10 Å². The summed E-state index contributed by atoms with van der Waals surface area (Å²) in [5, 5.41) is 6.46. The SMILES string of the molecule is CCC1(CC)CC(=O)N(c2[nH]ncc2C(N)=S)C1=O. The topological polar surface area (TPSA) is 92.1 Å². The summed E-state index contributed by atoms with van der Waals surface area (Å²) in [7, 11) is 0. The quantitative estimate of drug-likeness (QED) is 0.637. The number of H-pyrrole nitrogens is 1. The fraction of sp³-hybridized carbons (Fsp3) is 0.500. The maximum Gasteiger partial charge on any atom is 0.241 e. The van der Waals surface area contributed by atoms with Gasteiger partial charge in [0.1, 0.15) is 10.8 Å². The van der Waals surface area contributed by atoms with Crippen molar-refractivity contribution in [1.82, 2.24) is 10.2 Å². The van der Waals surface area contributed by atoms with Crippen molar-refractivity contribution in [3.63, 3.8) is 0 Å². The van der Waals surface area contributed by atoms with Crippen molar-refractivity contribution in [1.29, 1.82) is 0 Å². The molecule has 0 radical (unpaired) electrons. The van der Waals surface area contributed by atoms with Gasteiger partial charge in [-0.25, -0.2) is 4.90 Å². The molecule has 0 aromatic carbocycles. The Balaban J connectivity index is 2.46. The van der Waals surface area contributed by atoms with E-state index in [0.29, 0.717) is 18.4 Å². The maximum absolute atomic E-state index is 12.5. The molecule has 0 aliphatic carbocycles. The zero-order valence-electron chi connectivity index (χ0n) is 10.9. The third kappa shape index (κ3) is 1.94. The van der Waals surface area contributed by atoms with Crippen LogP contribution in [0.1, 0.15) is 38.7 Å². The monoisotopic (exact) mass is 280 g/mol. The van der Waals surface area contributed by atoms with E-state index in [2.05, 4.69) is 10.2 Å². The summed E-state index contributed by atoms with van der Waals surface area (Å²) in [6.07, 6.45) is 2.90. The molecule has 2 heterocycles. The van der Waals surface area contributed by atoms with Gasteiger partial charge in [-0.05, 0) is 12.8 Å². The number of amides is 2. The van der Waals surface area contributed by atoms with E-state index in [1.807, 2.05) is 13.8 Å². The number of rotatable bonds is 4. The second-order valence-corrected chi connectivity index (χ2v) is 5.13. The summed E-state index contributed by atoms with van der Waals surface area (Å²) in [6.45, 7) is 3.83. The first-order valence-corrected chi connectivity index (χ1v) is 6.58. The van der Waals surface area contributed by atoms with Crippen LogP contribution in [0, 0.1) is 5.41 Å². The first kappa shape index (κ1) is 13.7. The first-order valence-electron chi connectivity index (χ1n) is 6.17. The number of nitrogens with zero attached hydrogens (tertiary/aromatic N) is 2. The van der Waals surface area contributed by atoms with Gasteiger partial charge in [0.25, 0.3) is 0 Å². The predicted octanol–water partition coefficient (Wildman–Crippen LogP) is 1.11. The molecule has 2 amide bonds. The van der Waals surface area contributed by atoms with E-state index in [1.54, 1.807) is 0 Å². The fourth-order valence-electron chi connectivity index (χ4n) is 2.45. The Morgan fingerprint density at radius 3 is 2.63 bits per heavy atom. The molecule has 1 aliphatic heterocycles. The molecule has 0 bridgehead atoms. The molecule has 1 saturated heterocycles. The van der Waals surface area contributed by atoms with E-state index in [9.17, 15) is 9.59 Å². The summed E-state index contributed by atoms with van der Waals surface area (Å²) in [5.41, 5.74) is 5.37. The van der Waals surface area contributed by atoms with Crippen LogP contribution in [-0.4, -0.2) is 27.0 Å². The zero-order chi connectivity index (χ0) is 14.2. The lowest BCUT2D eigenvalue weighted by atomic mass is 9.81. The Labute approximate surface area is 116 Å². The minimum absolute atomic E-state index is 0.106. The smallest absolute Gasteiger partial charge is 0.241 e. The van der Waals surface area contributed by atoms with Gasteiger partial charge in [0.05, 0.1) is 17.2 Å². The highest BCUT2D eigenvalue weighted by Gasteiger charge is 2.50. The minimum Gasteiger partial charge on any atom is -0.389 e. The highest BCUT2D eigenvalue weighted by atomic mass is 32.1. The van der Waals surface area contributed by atoms with Gasteiger partial charge in [0.15, 0.2) is 0 Å². The van der Waals surface area contributed by atoms with E-state index in [4.69, 9.17) is 18.0 Å². The number of hydrogen-bond donors (Lipinski definition) is 2. The van der Waals surface area contributed by atoms with Gasteiger partial charge in [-0.1, -0.05) is 26.1 Å². The molecule has 0 unspecified atom stereocenters. The molecule has 3 N–H and O–H groups in total. The third-order valence-corrected chi connectivity index (χ3v) is 4.08. The Hall–Kier alpha value is -1.76. The molecule has 6 nitrogen and oxygen atoms in total. The van der Waals surface area contributed by atoms with Crippen molar-refractivity contribution in [3.05, 3.63) is 11.8 Å². The van der Waals surface area contributed by atoms with Crippen molar-refractivity contribution in [2.75, 3.05) is 4.90 Å². The number of anilines is 1. The van der Waals surface area contributed by atoms with Crippen LogP contribution in [0.15, 0.2) is 6.20 Å². The Bertz CT molecular complexity index is 548. The van der Waals surface area contributed by atoms with Crippen molar-refractivity contribution < 1.29 is 9.59 Å². The van der Waals surface area contributed by atoms with Gasteiger partial charge in [0.2, 0.25) is 11.8 Å². The lowest BCUT2D eigenvalue weighted by Gasteiger charge is -2.23. The van der Waals surface area contributed by atoms with Crippen molar-refractivity contribution in [2.45, 2.75) is 33.1 Å². The van der Waals surface area contributed by atoms with Crippen LogP contribution in [0.5, 0.6) is 0 Å². The number of thiocarbonyl (C=S) groups is 1. The summed E-state index contributed by atoms with van der Waals surface area (Å²) >= 11 is 4.90. The molecule has 1 fully saturated rings. The molecular formula is C12H16N4O2S. The average molecular weight is 280 g/mol. The molecule has 1 aromatic heterocycles. The highest BCUT2D eigenvalue weighted by Crippen LogP contribution is 2.41. The van der Waals surface area contributed by atoms with Crippen LogP contribution in [0.4, 0.5) is 5.82 Å². The Morgan fingerprint density at radius 2 is 2.16 bits per heavy atom.